The van der Waals surface area contributed by atoms with Crippen LogP contribution in [-0.2, 0) is 0 Å². The van der Waals surface area contributed by atoms with Gasteiger partial charge in [-0.2, -0.15) is 0 Å². The van der Waals surface area contributed by atoms with E-state index in [-0.39, 0.29) is 11.3 Å². The van der Waals surface area contributed by atoms with Crippen LogP contribution in [0.3, 0.4) is 0 Å². The summed E-state index contributed by atoms with van der Waals surface area (Å²) in [5.74, 6) is -0.562. The molecule has 1 atom stereocenters. The van der Waals surface area contributed by atoms with Crippen LogP contribution in [0.25, 0.3) is 0 Å². The van der Waals surface area contributed by atoms with Gasteiger partial charge in [-0.3, -0.25) is 14.9 Å². The molecule has 0 fully saturated rings. The van der Waals surface area contributed by atoms with Gasteiger partial charge in [0.15, 0.2) is 0 Å². The zero-order valence-corrected chi connectivity index (χ0v) is 15.4. The van der Waals surface area contributed by atoms with Crippen LogP contribution in [-0.4, -0.2) is 20.8 Å². The number of carbonyl (C=O) groups is 1. The quantitative estimate of drug-likeness (QED) is 0.314. The summed E-state index contributed by atoms with van der Waals surface area (Å²) in [5, 5.41) is 16.6. The molecule has 0 bridgehead atoms. The first-order chi connectivity index (χ1) is 11.7. The van der Waals surface area contributed by atoms with E-state index in [0.717, 1.165) is 0 Å². The summed E-state index contributed by atoms with van der Waals surface area (Å²) < 4.78 is -1.85. The smallest absolute Gasteiger partial charge is 0.269 e. The van der Waals surface area contributed by atoms with Crippen molar-refractivity contribution in [2.24, 2.45) is 0 Å². The van der Waals surface area contributed by atoms with Crippen molar-refractivity contribution in [3.05, 3.63) is 69.2 Å². The Hall–Kier alpha value is -1.73. The Morgan fingerprint density at radius 2 is 1.60 bits per heavy atom. The van der Waals surface area contributed by atoms with Crippen molar-refractivity contribution in [1.29, 1.82) is 0 Å². The normalized spacial score (nSPS) is 12.3. The lowest BCUT2D eigenvalue weighted by atomic mass is 10.2. The van der Waals surface area contributed by atoms with Gasteiger partial charge in [0.05, 0.1) is 4.92 Å². The largest absolute Gasteiger partial charge is 0.362 e. The van der Waals surface area contributed by atoms with Gasteiger partial charge in [0.1, 0.15) is 6.17 Å². The maximum atomic E-state index is 12.3. The van der Waals surface area contributed by atoms with Gasteiger partial charge in [0.25, 0.3) is 11.6 Å². The second-order valence-corrected chi connectivity index (χ2v) is 7.71. The fraction of sp³-hybridized carbons (Fsp3) is 0.133. The van der Waals surface area contributed by atoms with Gasteiger partial charge in [0.2, 0.25) is 3.79 Å². The lowest BCUT2D eigenvalue weighted by Crippen LogP contribution is -2.49. The Morgan fingerprint density at radius 1 is 1.04 bits per heavy atom. The number of anilines is 1. The number of halogens is 4. The zero-order valence-electron chi connectivity index (χ0n) is 12.4. The predicted octanol–water partition coefficient (Wildman–Crippen LogP) is 4.79. The number of nitro groups is 1. The van der Waals surface area contributed by atoms with E-state index in [0.29, 0.717) is 10.7 Å². The third-order valence-corrected chi connectivity index (χ3v) is 4.00. The number of hydrogen-bond donors (Lipinski definition) is 2. The van der Waals surface area contributed by atoms with E-state index in [2.05, 4.69) is 10.6 Å². The van der Waals surface area contributed by atoms with Gasteiger partial charge >= 0.3 is 0 Å². The molecule has 6 nitrogen and oxygen atoms in total. The second-order valence-electron chi connectivity index (χ2n) is 4.90. The maximum absolute atomic E-state index is 12.3. The van der Waals surface area contributed by atoms with Crippen LogP contribution in [0.1, 0.15) is 10.4 Å². The first kappa shape index (κ1) is 19.6. The van der Waals surface area contributed by atoms with Gasteiger partial charge in [-0.25, -0.2) is 0 Å². The Bertz CT molecular complexity index is 761. The molecule has 0 radical (unpaired) electrons. The van der Waals surface area contributed by atoms with E-state index >= 15 is 0 Å². The molecule has 1 amide bonds. The van der Waals surface area contributed by atoms with Crippen molar-refractivity contribution in [1.82, 2.24) is 5.32 Å². The zero-order chi connectivity index (χ0) is 18.6. The Balaban J connectivity index is 2.14. The molecule has 0 aliphatic rings. The number of nitrogens with zero attached hydrogens (tertiary/aromatic N) is 1. The number of hydrogen-bond acceptors (Lipinski definition) is 4. The molecule has 2 aromatic rings. The van der Waals surface area contributed by atoms with Crippen LogP contribution in [0.2, 0.25) is 5.02 Å². The first-order valence-electron chi connectivity index (χ1n) is 6.81. The fourth-order valence-electron chi connectivity index (χ4n) is 1.86. The molecule has 2 N–H and O–H groups in total. The van der Waals surface area contributed by atoms with Gasteiger partial charge in [-0.1, -0.05) is 46.4 Å². The molecule has 0 spiro atoms. The predicted molar refractivity (Wildman–Crippen MR) is 99.7 cm³/mol. The van der Waals surface area contributed by atoms with Crippen molar-refractivity contribution in [2.75, 3.05) is 5.32 Å². The molecule has 0 heterocycles. The molecule has 2 rings (SSSR count). The number of alkyl halides is 3. The van der Waals surface area contributed by atoms with Gasteiger partial charge in [-0.05, 0) is 36.4 Å². The van der Waals surface area contributed by atoms with Crippen LogP contribution in [0.4, 0.5) is 11.4 Å². The summed E-state index contributed by atoms with van der Waals surface area (Å²) in [6.07, 6.45) is -1.05. The number of non-ortho nitro benzene ring substituents is 1. The SMILES string of the molecule is O=C(N[C@H](Nc1ccc(Cl)cc1)C(Cl)(Cl)Cl)c1ccc([N+](=O)[O-])cc1. The minimum absolute atomic E-state index is 0.131. The molecule has 0 aromatic heterocycles. The van der Waals surface area contributed by atoms with E-state index in [1.54, 1.807) is 24.3 Å². The average Bonchev–Trinajstić information content (AvgIpc) is 2.55. The number of benzene rings is 2. The van der Waals surface area contributed by atoms with E-state index in [4.69, 9.17) is 46.4 Å². The summed E-state index contributed by atoms with van der Waals surface area (Å²) in [6.45, 7) is 0. The second kappa shape index (κ2) is 8.10. The third kappa shape index (κ3) is 5.64. The monoisotopic (exact) mass is 421 g/mol. The minimum Gasteiger partial charge on any atom is -0.362 e. The highest BCUT2D eigenvalue weighted by Crippen LogP contribution is 2.31. The fourth-order valence-corrected chi connectivity index (χ4v) is 2.31. The summed E-state index contributed by atoms with van der Waals surface area (Å²) in [4.78, 5) is 22.4. The number of amides is 1. The topological polar surface area (TPSA) is 84.3 Å². The molecule has 132 valence electrons. The van der Waals surface area contributed by atoms with Crippen molar-refractivity contribution >= 4 is 63.7 Å². The van der Waals surface area contributed by atoms with E-state index < -0.39 is 20.8 Å². The van der Waals surface area contributed by atoms with Crippen LogP contribution in [0, 0.1) is 10.1 Å². The lowest BCUT2D eigenvalue weighted by Gasteiger charge is -2.27. The number of carbonyl (C=O) groups excluding carboxylic acids is 1. The van der Waals surface area contributed by atoms with Crippen molar-refractivity contribution in [3.63, 3.8) is 0 Å². The molecule has 0 unspecified atom stereocenters. The standard InChI is InChI=1S/C15H11Cl4N3O3/c16-10-3-5-11(6-4-10)20-14(15(17,18)19)21-13(23)9-1-7-12(8-2-9)22(24)25/h1-8,14,20H,(H,21,23)/t14-/m0/s1. The Labute approximate surface area is 163 Å². The summed E-state index contributed by atoms with van der Waals surface area (Å²) >= 11 is 23.6. The number of nitrogens with one attached hydrogen (secondary N) is 2. The van der Waals surface area contributed by atoms with Gasteiger partial charge in [0, 0.05) is 28.4 Å². The Kier molecular flexibility index (Phi) is 6.35. The number of nitro benzene ring substituents is 1. The summed E-state index contributed by atoms with van der Waals surface area (Å²) in [6, 6.07) is 11.6. The van der Waals surface area contributed by atoms with E-state index in [9.17, 15) is 14.9 Å². The van der Waals surface area contributed by atoms with Crippen molar-refractivity contribution < 1.29 is 9.72 Å². The molecule has 0 saturated heterocycles. The first-order valence-corrected chi connectivity index (χ1v) is 8.32. The highest BCUT2D eigenvalue weighted by atomic mass is 35.6. The van der Waals surface area contributed by atoms with Crippen molar-refractivity contribution in [2.45, 2.75) is 9.96 Å². The lowest BCUT2D eigenvalue weighted by molar-refractivity contribution is -0.384. The van der Waals surface area contributed by atoms with Crippen LogP contribution < -0.4 is 10.6 Å². The number of rotatable bonds is 5. The summed E-state index contributed by atoms with van der Waals surface area (Å²) in [5.41, 5.74) is 0.626. The van der Waals surface area contributed by atoms with Crippen LogP contribution >= 0.6 is 46.4 Å². The molecular formula is C15H11Cl4N3O3. The van der Waals surface area contributed by atoms with Crippen molar-refractivity contribution in [3.8, 4) is 0 Å². The Morgan fingerprint density at radius 3 is 2.08 bits per heavy atom. The van der Waals surface area contributed by atoms with E-state index in [1.807, 2.05) is 0 Å². The average molecular weight is 423 g/mol. The molecule has 0 saturated carbocycles. The minimum atomic E-state index is -1.85. The summed E-state index contributed by atoms with van der Waals surface area (Å²) in [7, 11) is 0. The molecule has 10 heteroatoms. The molecular weight excluding hydrogens is 412 g/mol. The van der Waals surface area contributed by atoms with Crippen LogP contribution in [0.15, 0.2) is 48.5 Å². The third-order valence-electron chi connectivity index (χ3n) is 3.10. The molecule has 0 aliphatic carbocycles. The molecule has 2 aromatic carbocycles. The molecule has 25 heavy (non-hydrogen) atoms. The highest BCUT2D eigenvalue weighted by molar-refractivity contribution is 6.68. The van der Waals surface area contributed by atoms with Gasteiger partial charge < -0.3 is 10.6 Å². The van der Waals surface area contributed by atoms with E-state index in [1.165, 1.54) is 24.3 Å². The van der Waals surface area contributed by atoms with Crippen LogP contribution in [0.5, 0.6) is 0 Å². The highest BCUT2D eigenvalue weighted by Gasteiger charge is 2.34. The maximum Gasteiger partial charge on any atom is 0.269 e. The molecule has 0 aliphatic heterocycles. The van der Waals surface area contributed by atoms with Gasteiger partial charge in [-0.15, -0.1) is 0 Å².